The first-order chi connectivity index (χ1) is 5.07. The number of hydrogen-bond donors (Lipinski definition) is 1. The molecule has 0 unspecified atom stereocenters. The van der Waals surface area contributed by atoms with Crippen molar-refractivity contribution in [3.8, 4) is 0 Å². The van der Waals surface area contributed by atoms with Gasteiger partial charge in [0.1, 0.15) is 0 Å². The van der Waals surface area contributed by atoms with E-state index in [0.29, 0.717) is 18.9 Å². The van der Waals surface area contributed by atoms with E-state index in [9.17, 15) is 4.79 Å². The third-order valence-electron chi connectivity index (χ3n) is 1.22. The van der Waals surface area contributed by atoms with Crippen molar-refractivity contribution in [3.05, 3.63) is 0 Å². The topological polar surface area (TPSA) is 46.5 Å². The Morgan fingerprint density at radius 3 is 2.45 bits per heavy atom. The Hall–Kier alpha value is -0.570. The van der Waals surface area contributed by atoms with Crippen LogP contribution in [0.4, 0.5) is 0 Å². The highest BCUT2D eigenvalue weighted by atomic mass is 16.5. The maximum atomic E-state index is 10.8. The molecule has 0 fully saturated rings. The minimum Gasteiger partial charge on any atom is -0.464 e. The zero-order valence-electron chi connectivity index (χ0n) is 7.33. The van der Waals surface area contributed by atoms with Crippen molar-refractivity contribution in [2.24, 2.45) is 5.92 Å². The van der Waals surface area contributed by atoms with Crippen molar-refractivity contribution in [1.82, 2.24) is 0 Å². The molecule has 0 rings (SSSR count). The fraction of sp³-hybridized carbons (Fsp3) is 0.875. The van der Waals surface area contributed by atoms with E-state index in [1.54, 1.807) is 6.92 Å². The SMILES string of the molecule is CC[C@H](O)C(=O)OCC(C)C. The normalized spacial score (nSPS) is 13.2. The molecule has 0 aromatic carbocycles. The highest BCUT2D eigenvalue weighted by Gasteiger charge is 2.13. The first-order valence-electron chi connectivity index (χ1n) is 3.92. The van der Waals surface area contributed by atoms with Gasteiger partial charge in [-0.15, -0.1) is 0 Å². The van der Waals surface area contributed by atoms with E-state index in [0.717, 1.165) is 0 Å². The molecule has 0 heterocycles. The van der Waals surface area contributed by atoms with Crippen LogP contribution in [0.15, 0.2) is 0 Å². The zero-order chi connectivity index (χ0) is 8.85. The lowest BCUT2D eigenvalue weighted by Gasteiger charge is -2.09. The van der Waals surface area contributed by atoms with E-state index in [-0.39, 0.29) is 0 Å². The molecule has 0 aromatic rings. The van der Waals surface area contributed by atoms with Gasteiger partial charge < -0.3 is 9.84 Å². The number of hydrogen-bond acceptors (Lipinski definition) is 3. The molecule has 11 heavy (non-hydrogen) atoms. The van der Waals surface area contributed by atoms with Gasteiger partial charge in [0.2, 0.25) is 0 Å². The van der Waals surface area contributed by atoms with Gasteiger partial charge in [0.05, 0.1) is 6.61 Å². The molecule has 0 saturated heterocycles. The standard InChI is InChI=1S/C8H16O3/c1-4-7(9)8(10)11-5-6(2)3/h6-7,9H,4-5H2,1-3H3/t7-/m0/s1. The highest BCUT2D eigenvalue weighted by molar-refractivity contribution is 5.74. The van der Waals surface area contributed by atoms with Crippen LogP contribution in [-0.2, 0) is 9.53 Å². The van der Waals surface area contributed by atoms with Crippen molar-refractivity contribution in [3.63, 3.8) is 0 Å². The smallest absolute Gasteiger partial charge is 0.334 e. The van der Waals surface area contributed by atoms with E-state index in [1.165, 1.54) is 0 Å². The number of carbonyl (C=O) groups is 1. The molecule has 0 aliphatic carbocycles. The van der Waals surface area contributed by atoms with Crippen molar-refractivity contribution in [1.29, 1.82) is 0 Å². The zero-order valence-corrected chi connectivity index (χ0v) is 7.33. The predicted molar refractivity (Wildman–Crippen MR) is 42.1 cm³/mol. The maximum Gasteiger partial charge on any atom is 0.334 e. The molecule has 0 aliphatic heterocycles. The van der Waals surface area contributed by atoms with E-state index >= 15 is 0 Å². The second-order valence-electron chi connectivity index (χ2n) is 2.95. The summed E-state index contributed by atoms with van der Waals surface area (Å²) in [5.41, 5.74) is 0. The van der Waals surface area contributed by atoms with E-state index in [2.05, 4.69) is 0 Å². The van der Waals surface area contributed by atoms with Gasteiger partial charge in [-0.3, -0.25) is 0 Å². The van der Waals surface area contributed by atoms with Gasteiger partial charge in [-0.05, 0) is 12.3 Å². The van der Waals surface area contributed by atoms with Gasteiger partial charge in [-0.1, -0.05) is 20.8 Å². The first-order valence-corrected chi connectivity index (χ1v) is 3.92. The quantitative estimate of drug-likeness (QED) is 0.623. The molecule has 0 bridgehead atoms. The van der Waals surface area contributed by atoms with Crippen LogP contribution in [0.2, 0.25) is 0 Å². The fourth-order valence-corrected chi connectivity index (χ4v) is 0.512. The van der Waals surface area contributed by atoms with Gasteiger partial charge in [0.25, 0.3) is 0 Å². The summed E-state index contributed by atoms with van der Waals surface area (Å²) in [6.07, 6.45) is -0.537. The molecule has 0 aliphatic rings. The summed E-state index contributed by atoms with van der Waals surface area (Å²) in [5.74, 6) is -0.191. The summed E-state index contributed by atoms with van der Waals surface area (Å²) in [4.78, 5) is 10.8. The lowest BCUT2D eigenvalue weighted by Crippen LogP contribution is -2.23. The van der Waals surface area contributed by atoms with E-state index in [1.807, 2.05) is 13.8 Å². The summed E-state index contributed by atoms with van der Waals surface area (Å²) in [5, 5.41) is 8.96. The van der Waals surface area contributed by atoms with Crippen LogP contribution in [0.3, 0.4) is 0 Å². The summed E-state index contributed by atoms with van der Waals surface area (Å²) < 4.78 is 4.77. The minimum atomic E-state index is -0.950. The first kappa shape index (κ1) is 10.4. The Bertz CT molecular complexity index is 121. The van der Waals surface area contributed by atoms with Crippen molar-refractivity contribution >= 4 is 5.97 Å². The average molecular weight is 160 g/mol. The van der Waals surface area contributed by atoms with Gasteiger partial charge in [-0.2, -0.15) is 0 Å². The van der Waals surface area contributed by atoms with Crippen molar-refractivity contribution < 1.29 is 14.6 Å². The van der Waals surface area contributed by atoms with Crippen LogP contribution in [0.25, 0.3) is 0 Å². The van der Waals surface area contributed by atoms with Crippen LogP contribution in [-0.4, -0.2) is 23.8 Å². The molecule has 1 N–H and O–H groups in total. The van der Waals surface area contributed by atoms with Gasteiger partial charge in [-0.25, -0.2) is 4.79 Å². The Labute approximate surface area is 67.4 Å². The van der Waals surface area contributed by atoms with Gasteiger partial charge in [0, 0.05) is 0 Å². The Balaban J connectivity index is 3.52. The molecule has 0 spiro atoms. The molecule has 1 atom stereocenters. The van der Waals surface area contributed by atoms with Gasteiger partial charge >= 0.3 is 5.97 Å². The number of carbonyl (C=O) groups excluding carboxylic acids is 1. The Morgan fingerprint density at radius 2 is 2.09 bits per heavy atom. The summed E-state index contributed by atoms with van der Waals surface area (Å²) >= 11 is 0. The molecule has 3 heteroatoms. The van der Waals surface area contributed by atoms with Gasteiger partial charge in [0.15, 0.2) is 6.10 Å². The van der Waals surface area contributed by atoms with Crippen LogP contribution in [0.5, 0.6) is 0 Å². The van der Waals surface area contributed by atoms with E-state index in [4.69, 9.17) is 9.84 Å². The van der Waals surface area contributed by atoms with E-state index < -0.39 is 12.1 Å². The molecular weight excluding hydrogens is 144 g/mol. The Kier molecular flexibility index (Phi) is 4.86. The van der Waals surface area contributed by atoms with Crippen LogP contribution in [0.1, 0.15) is 27.2 Å². The van der Waals surface area contributed by atoms with Crippen molar-refractivity contribution in [2.75, 3.05) is 6.61 Å². The number of aliphatic hydroxyl groups is 1. The second kappa shape index (κ2) is 5.13. The Morgan fingerprint density at radius 1 is 1.55 bits per heavy atom. The predicted octanol–water partition coefficient (Wildman–Crippen LogP) is 0.956. The molecular formula is C8H16O3. The number of esters is 1. The largest absolute Gasteiger partial charge is 0.464 e. The monoisotopic (exact) mass is 160 g/mol. The number of ether oxygens (including phenoxy) is 1. The fourth-order valence-electron chi connectivity index (χ4n) is 0.512. The second-order valence-corrected chi connectivity index (χ2v) is 2.95. The van der Waals surface area contributed by atoms with Crippen LogP contribution < -0.4 is 0 Å². The average Bonchev–Trinajstić information content (AvgIpc) is 1.98. The van der Waals surface area contributed by atoms with Crippen LogP contribution in [0, 0.1) is 5.92 Å². The van der Waals surface area contributed by atoms with Crippen LogP contribution >= 0.6 is 0 Å². The lowest BCUT2D eigenvalue weighted by atomic mass is 10.2. The highest BCUT2D eigenvalue weighted by Crippen LogP contribution is 1.97. The lowest BCUT2D eigenvalue weighted by molar-refractivity contribution is -0.154. The molecule has 0 amide bonds. The number of rotatable bonds is 4. The minimum absolute atomic E-state index is 0.322. The summed E-state index contributed by atoms with van der Waals surface area (Å²) in [6, 6.07) is 0. The molecule has 66 valence electrons. The molecule has 3 nitrogen and oxygen atoms in total. The molecule has 0 radical (unpaired) electrons. The third kappa shape index (κ3) is 4.79. The number of aliphatic hydroxyl groups excluding tert-OH is 1. The summed E-state index contributed by atoms with van der Waals surface area (Å²) in [7, 11) is 0. The molecule has 0 saturated carbocycles. The maximum absolute atomic E-state index is 10.8. The van der Waals surface area contributed by atoms with Crippen molar-refractivity contribution in [2.45, 2.75) is 33.3 Å². The molecule has 0 aromatic heterocycles. The third-order valence-corrected chi connectivity index (χ3v) is 1.22. The summed E-state index contributed by atoms with van der Waals surface area (Å²) in [6.45, 7) is 6.02.